The molecule has 0 bridgehead atoms. The summed E-state index contributed by atoms with van der Waals surface area (Å²) in [6.07, 6.45) is 2.27. The maximum Gasteiger partial charge on any atom is 0.307 e. The van der Waals surface area contributed by atoms with Gasteiger partial charge in [0.1, 0.15) is 0 Å². The molecule has 0 radical (unpaired) electrons. The van der Waals surface area contributed by atoms with Crippen LogP contribution in [0.5, 0.6) is 0 Å². The molecule has 2 atom stereocenters. The number of carboxylic acids is 1. The predicted octanol–water partition coefficient (Wildman–Crippen LogP) is 2.08. The Labute approximate surface area is 104 Å². The van der Waals surface area contributed by atoms with Crippen LogP contribution >= 0.6 is 0 Å². The first-order valence-electron chi connectivity index (χ1n) is 5.90. The van der Waals surface area contributed by atoms with Gasteiger partial charge >= 0.3 is 5.97 Å². The number of hydrogen-bond acceptors (Lipinski definition) is 2. The van der Waals surface area contributed by atoms with Gasteiger partial charge in [-0.25, -0.2) is 0 Å². The minimum Gasteiger partial charge on any atom is -0.481 e. The lowest BCUT2D eigenvalue weighted by atomic mass is 10.1. The number of aromatic nitrogens is 1. The normalized spacial score (nSPS) is 22.1. The molecule has 1 aromatic carbocycles. The molecule has 0 amide bonds. The Hall–Kier alpha value is -2.10. The zero-order chi connectivity index (χ0) is 12.9. The number of carboxylic acid groups (broad SMARTS) is 1. The van der Waals surface area contributed by atoms with Gasteiger partial charge in [0.25, 0.3) is 0 Å². The predicted molar refractivity (Wildman–Crippen MR) is 66.5 cm³/mol. The molecule has 4 nitrogen and oxygen atoms in total. The van der Waals surface area contributed by atoms with Crippen molar-refractivity contribution in [1.82, 2.24) is 4.57 Å². The van der Waals surface area contributed by atoms with Crippen LogP contribution in [0.15, 0.2) is 30.5 Å². The van der Waals surface area contributed by atoms with Crippen LogP contribution in [-0.4, -0.2) is 21.4 Å². The van der Waals surface area contributed by atoms with Gasteiger partial charge in [0.05, 0.1) is 5.92 Å². The summed E-state index contributed by atoms with van der Waals surface area (Å²) in [5, 5.41) is 9.78. The minimum absolute atomic E-state index is 0.0424. The number of aliphatic carboxylic acids is 1. The molecule has 1 saturated carbocycles. The number of hydrogen-bond donors (Lipinski definition) is 1. The molecule has 0 saturated heterocycles. The van der Waals surface area contributed by atoms with Gasteiger partial charge in [0.15, 0.2) is 5.78 Å². The molecule has 0 aliphatic heterocycles. The third-order valence-electron chi connectivity index (χ3n) is 3.61. The standard InChI is InChI=1S/C14H13NO3/c1-15-7-11(8-4-2-3-5-12(8)15)13(16)9-6-10(9)14(17)18/h2-5,7,9-10H,6H2,1H3,(H,17,18). The molecular formula is C14H13NO3. The number of ketones is 1. The minimum atomic E-state index is -0.867. The molecule has 2 aromatic rings. The van der Waals surface area contributed by atoms with Crippen molar-refractivity contribution >= 4 is 22.7 Å². The van der Waals surface area contributed by atoms with E-state index in [1.807, 2.05) is 35.9 Å². The molecule has 1 fully saturated rings. The number of benzene rings is 1. The van der Waals surface area contributed by atoms with Crippen molar-refractivity contribution in [2.75, 3.05) is 0 Å². The van der Waals surface area contributed by atoms with Gasteiger partial charge in [0, 0.05) is 35.6 Å². The summed E-state index contributed by atoms with van der Waals surface area (Å²) in [6, 6.07) is 7.67. The molecule has 0 spiro atoms. The number of rotatable bonds is 3. The van der Waals surface area contributed by atoms with Crippen LogP contribution in [0, 0.1) is 11.8 Å². The fraction of sp³-hybridized carbons (Fsp3) is 0.286. The van der Waals surface area contributed by atoms with Crippen LogP contribution in [0.1, 0.15) is 16.8 Å². The van der Waals surface area contributed by atoms with Gasteiger partial charge in [-0.15, -0.1) is 0 Å². The molecule has 1 aromatic heterocycles. The molecule has 18 heavy (non-hydrogen) atoms. The summed E-state index contributed by atoms with van der Waals surface area (Å²) >= 11 is 0. The van der Waals surface area contributed by atoms with Crippen molar-refractivity contribution in [2.45, 2.75) is 6.42 Å². The Morgan fingerprint density at radius 2 is 2.00 bits per heavy atom. The largest absolute Gasteiger partial charge is 0.481 e. The van der Waals surface area contributed by atoms with Crippen LogP contribution in [0.25, 0.3) is 10.9 Å². The van der Waals surface area contributed by atoms with Crippen LogP contribution in [0.3, 0.4) is 0 Å². The fourth-order valence-electron chi connectivity index (χ4n) is 2.50. The maximum atomic E-state index is 12.3. The van der Waals surface area contributed by atoms with Crippen LogP contribution in [0.2, 0.25) is 0 Å². The zero-order valence-electron chi connectivity index (χ0n) is 9.96. The van der Waals surface area contributed by atoms with Crippen molar-refractivity contribution in [3.8, 4) is 0 Å². The lowest BCUT2D eigenvalue weighted by Crippen LogP contribution is -2.07. The van der Waals surface area contributed by atoms with Gasteiger partial charge < -0.3 is 9.67 Å². The van der Waals surface area contributed by atoms with Crippen molar-refractivity contribution in [3.05, 3.63) is 36.0 Å². The first-order chi connectivity index (χ1) is 8.59. The van der Waals surface area contributed by atoms with Crippen molar-refractivity contribution in [1.29, 1.82) is 0 Å². The van der Waals surface area contributed by atoms with Gasteiger partial charge in [-0.05, 0) is 12.5 Å². The van der Waals surface area contributed by atoms with E-state index in [2.05, 4.69) is 0 Å². The number of carbonyl (C=O) groups excluding carboxylic acids is 1. The number of para-hydroxylation sites is 1. The number of carbonyl (C=O) groups is 2. The first kappa shape index (κ1) is 11.0. The third kappa shape index (κ3) is 1.53. The highest BCUT2D eigenvalue weighted by Crippen LogP contribution is 2.42. The van der Waals surface area contributed by atoms with Crippen molar-refractivity contribution in [2.24, 2.45) is 18.9 Å². The second-order valence-electron chi connectivity index (χ2n) is 4.82. The summed E-state index contributed by atoms with van der Waals surface area (Å²) in [4.78, 5) is 23.1. The summed E-state index contributed by atoms with van der Waals surface area (Å²) in [5.74, 6) is -1.74. The molecule has 2 unspecified atom stereocenters. The SMILES string of the molecule is Cn1cc(C(=O)C2CC2C(=O)O)c2ccccc21. The van der Waals surface area contributed by atoms with Gasteiger partial charge in [0.2, 0.25) is 0 Å². The maximum absolute atomic E-state index is 12.3. The smallest absolute Gasteiger partial charge is 0.307 e. The number of aryl methyl sites for hydroxylation is 1. The Kier molecular flexibility index (Phi) is 2.26. The van der Waals surface area contributed by atoms with E-state index in [-0.39, 0.29) is 11.7 Å². The summed E-state index contributed by atoms with van der Waals surface area (Å²) in [7, 11) is 1.89. The lowest BCUT2D eigenvalue weighted by Gasteiger charge is -1.96. The molecule has 1 heterocycles. The lowest BCUT2D eigenvalue weighted by molar-refractivity contribution is -0.138. The second kappa shape index (κ2) is 3.70. The Morgan fingerprint density at radius 3 is 2.67 bits per heavy atom. The topological polar surface area (TPSA) is 59.3 Å². The average Bonchev–Trinajstić information content (AvgIpc) is 3.09. The first-order valence-corrected chi connectivity index (χ1v) is 5.90. The monoisotopic (exact) mass is 243 g/mol. The van der Waals surface area contributed by atoms with Crippen LogP contribution in [0.4, 0.5) is 0 Å². The zero-order valence-corrected chi connectivity index (χ0v) is 9.96. The molecule has 1 aliphatic rings. The van der Waals surface area contributed by atoms with E-state index in [1.54, 1.807) is 6.20 Å². The highest BCUT2D eigenvalue weighted by molar-refractivity contribution is 6.11. The quantitative estimate of drug-likeness (QED) is 0.839. The van der Waals surface area contributed by atoms with E-state index < -0.39 is 11.9 Å². The van der Waals surface area contributed by atoms with Gasteiger partial charge in [-0.3, -0.25) is 9.59 Å². The molecular weight excluding hydrogens is 230 g/mol. The Bertz CT molecular complexity index is 656. The molecule has 1 aliphatic carbocycles. The Balaban J connectivity index is 2.01. The van der Waals surface area contributed by atoms with E-state index in [1.165, 1.54) is 0 Å². The van der Waals surface area contributed by atoms with E-state index in [9.17, 15) is 9.59 Å². The average molecular weight is 243 g/mol. The fourth-order valence-corrected chi connectivity index (χ4v) is 2.50. The Morgan fingerprint density at radius 1 is 1.28 bits per heavy atom. The molecule has 4 heteroatoms. The summed E-state index contributed by atoms with van der Waals surface area (Å²) < 4.78 is 1.90. The second-order valence-corrected chi connectivity index (χ2v) is 4.82. The molecule has 1 N–H and O–H groups in total. The van der Waals surface area contributed by atoms with Crippen LogP contribution in [-0.2, 0) is 11.8 Å². The van der Waals surface area contributed by atoms with Crippen molar-refractivity contribution in [3.63, 3.8) is 0 Å². The van der Waals surface area contributed by atoms with Crippen LogP contribution < -0.4 is 0 Å². The van der Waals surface area contributed by atoms with Crippen molar-refractivity contribution < 1.29 is 14.7 Å². The third-order valence-corrected chi connectivity index (χ3v) is 3.61. The highest BCUT2D eigenvalue weighted by atomic mass is 16.4. The number of Topliss-reactive ketones (excluding diaryl/α,β-unsaturated/α-hetero) is 1. The molecule has 3 rings (SSSR count). The van der Waals surface area contributed by atoms with E-state index >= 15 is 0 Å². The highest BCUT2D eigenvalue weighted by Gasteiger charge is 2.48. The molecule has 92 valence electrons. The number of fused-ring (bicyclic) bond motifs is 1. The van der Waals surface area contributed by atoms with E-state index in [0.29, 0.717) is 12.0 Å². The van der Waals surface area contributed by atoms with E-state index in [4.69, 9.17) is 5.11 Å². The number of nitrogens with zero attached hydrogens (tertiary/aromatic N) is 1. The summed E-state index contributed by atoms with van der Waals surface area (Å²) in [6.45, 7) is 0. The van der Waals surface area contributed by atoms with Gasteiger partial charge in [-0.1, -0.05) is 18.2 Å². The van der Waals surface area contributed by atoms with Gasteiger partial charge in [-0.2, -0.15) is 0 Å². The summed E-state index contributed by atoms with van der Waals surface area (Å²) in [5.41, 5.74) is 1.63. The van der Waals surface area contributed by atoms with E-state index in [0.717, 1.165) is 10.9 Å².